The van der Waals surface area contributed by atoms with E-state index in [1.807, 2.05) is 24.3 Å². The molecule has 0 aromatic heterocycles. The van der Waals surface area contributed by atoms with Gasteiger partial charge >= 0.3 is 0 Å². The van der Waals surface area contributed by atoms with Gasteiger partial charge in [0.25, 0.3) is 0 Å². The lowest BCUT2D eigenvalue weighted by Crippen LogP contribution is -2.00. The maximum Gasteiger partial charge on any atom is 0.160 e. The molecule has 3 aromatic rings. The van der Waals surface area contributed by atoms with Crippen LogP contribution in [0.5, 0.6) is 0 Å². The fraction of sp³-hybridized carbons (Fsp3) is 0.100. The van der Waals surface area contributed by atoms with Crippen molar-refractivity contribution in [2.24, 2.45) is 0 Å². The minimum atomic E-state index is -0.924. The molecule has 0 bridgehead atoms. The molecular weight excluding hydrogens is 320 g/mol. The Balaban J connectivity index is 1.83. The van der Waals surface area contributed by atoms with E-state index < -0.39 is 10.8 Å². The summed E-state index contributed by atoms with van der Waals surface area (Å²) in [4.78, 5) is 3.56. The molecule has 0 aliphatic carbocycles. The van der Waals surface area contributed by atoms with Crippen LogP contribution in [-0.4, -0.2) is 16.7 Å². The molecule has 0 aliphatic rings. The van der Waals surface area contributed by atoms with Crippen LogP contribution < -0.4 is 0 Å². The van der Waals surface area contributed by atoms with Crippen molar-refractivity contribution in [1.29, 1.82) is 0 Å². The molecular formula is C20H19OS2+. The number of hydrogen-bond acceptors (Lipinski definition) is 1. The van der Waals surface area contributed by atoms with E-state index in [2.05, 4.69) is 60.9 Å². The van der Waals surface area contributed by atoms with Gasteiger partial charge in [-0.2, -0.15) is 0 Å². The molecule has 0 saturated heterocycles. The lowest BCUT2D eigenvalue weighted by atomic mass is 10.1. The van der Waals surface area contributed by atoms with Crippen LogP contribution in [0.3, 0.4) is 0 Å². The largest absolute Gasteiger partial charge is 0.255 e. The van der Waals surface area contributed by atoms with Gasteiger partial charge in [-0.15, -0.1) is 0 Å². The van der Waals surface area contributed by atoms with Crippen LogP contribution in [0.15, 0.2) is 93.5 Å². The first-order valence-corrected chi connectivity index (χ1v) is 10.6. The monoisotopic (exact) mass is 339 g/mol. The standard InChI is InChI=1S/C20H19OS2/c1-22(18-6-4-3-5-7-18)19-12-8-16(9-13-19)17-10-14-20(15-11-17)23(2)21/h3-15H,1-2H3/q+1. The highest BCUT2D eigenvalue weighted by atomic mass is 32.2. The molecule has 0 radical (unpaired) electrons. The predicted octanol–water partition coefficient (Wildman–Crippen LogP) is 4.76. The van der Waals surface area contributed by atoms with E-state index in [4.69, 9.17) is 0 Å². The summed E-state index contributed by atoms with van der Waals surface area (Å²) in [6, 6.07) is 27.3. The Labute approximate surface area is 143 Å². The van der Waals surface area contributed by atoms with Crippen LogP contribution in [0.2, 0.25) is 0 Å². The molecule has 0 fully saturated rings. The predicted molar refractivity (Wildman–Crippen MR) is 100 cm³/mol. The molecule has 0 aliphatic heterocycles. The van der Waals surface area contributed by atoms with E-state index in [1.54, 1.807) is 6.26 Å². The van der Waals surface area contributed by atoms with Crippen LogP contribution in [0.1, 0.15) is 0 Å². The minimum absolute atomic E-state index is 0.0885. The fourth-order valence-corrected chi connectivity index (χ4v) is 4.35. The third-order valence-electron chi connectivity index (χ3n) is 3.82. The fourth-order valence-electron chi connectivity index (χ4n) is 2.45. The van der Waals surface area contributed by atoms with E-state index >= 15 is 0 Å². The van der Waals surface area contributed by atoms with E-state index in [0.29, 0.717) is 0 Å². The number of rotatable bonds is 4. The minimum Gasteiger partial charge on any atom is -0.255 e. The summed E-state index contributed by atoms with van der Waals surface area (Å²) >= 11 is 0. The van der Waals surface area contributed by atoms with E-state index in [1.165, 1.54) is 15.4 Å². The van der Waals surface area contributed by atoms with Crippen LogP contribution >= 0.6 is 0 Å². The van der Waals surface area contributed by atoms with Gasteiger partial charge in [0, 0.05) is 22.0 Å². The van der Waals surface area contributed by atoms with Crippen molar-refractivity contribution in [1.82, 2.24) is 0 Å². The summed E-state index contributed by atoms with van der Waals surface area (Å²) in [5, 5.41) is 0. The first-order valence-electron chi connectivity index (χ1n) is 7.40. The Hall–Kier alpha value is -1.84. The summed E-state index contributed by atoms with van der Waals surface area (Å²) in [5.41, 5.74) is 2.34. The molecule has 23 heavy (non-hydrogen) atoms. The Morgan fingerprint density at radius 1 is 0.696 bits per heavy atom. The second kappa shape index (κ2) is 7.16. The zero-order chi connectivity index (χ0) is 16.2. The molecule has 0 N–H and O–H groups in total. The zero-order valence-corrected chi connectivity index (χ0v) is 14.9. The Morgan fingerprint density at radius 3 is 1.70 bits per heavy atom. The second-order valence-electron chi connectivity index (χ2n) is 5.33. The lowest BCUT2D eigenvalue weighted by molar-refractivity contribution is 0.687. The Bertz CT molecular complexity index is 793. The summed E-state index contributed by atoms with van der Waals surface area (Å²) in [5.74, 6) is 0. The summed E-state index contributed by atoms with van der Waals surface area (Å²) in [6.45, 7) is 0. The second-order valence-corrected chi connectivity index (χ2v) is 8.67. The molecule has 0 spiro atoms. The van der Waals surface area contributed by atoms with Crippen LogP contribution in [0, 0.1) is 0 Å². The van der Waals surface area contributed by atoms with E-state index in [9.17, 15) is 4.21 Å². The van der Waals surface area contributed by atoms with Crippen molar-refractivity contribution in [3.8, 4) is 11.1 Å². The van der Waals surface area contributed by atoms with E-state index in [0.717, 1.165) is 10.5 Å². The van der Waals surface area contributed by atoms with E-state index in [-0.39, 0.29) is 10.9 Å². The van der Waals surface area contributed by atoms with Crippen molar-refractivity contribution in [3.63, 3.8) is 0 Å². The third-order valence-corrected chi connectivity index (χ3v) is 6.72. The number of hydrogen-bond donors (Lipinski definition) is 0. The maximum atomic E-state index is 11.5. The highest BCUT2D eigenvalue weighted by Crippen LogP contribution is 2.25. The highest BCUT2D eigenvalue weighted by Gasteiger charge is 2.18. The van der Waals surface area contributed by atoms with Gasteiger partial charge in [0.15, 0.2) is 9.79 Å². The highest BCUT2D eigenvalue weighted by molar-refractivity contribution is 7.96. The molecule has 1 nitrogen and oxygen atoms in total. The first-order chi connectivity index (χ1) is 11.1. The van der Waals surface area contributed by atoms with Crippen molar-refractivity contribution < 1.29 is 4.21 Å². The summed E-state index contributed by atoms with van der Waals surface area (Å²) in [6.07, 6.45) is 3.96. The Kier molecular flexibility index (Phi) is 4.99. The summed E-state index contributed by atoms with van der Waals surface area (Å²) < 4.78 is 11.5. The maximum absolute atomic E-state index is 11.5. The molecule has 116 valence electrons. The van der Waals surface area contributed by atoms with Gasteiger partial charge in [0.05, 0.1) is 10.9 Å². The van der Waals surface area contributed by atoms with Gasteiger partial charge in [-0.05, 0) is 59.7 Å². The van der Waals surface area contributed by atoms with Gasteiger partial charge < -0.3 is 0 Å². The normalized spacial score (nSPS) is 13.5. The van der Waals surface area contributed by atoms with Crippen molar-refractivity contribution >= 4 is 21.7 Å². The lowest BCUT2D eigenvalue weighted by Gasteiger charge is -2.05. The number of benzene rings is 3. The van der Waals surface area contributed by atoms with Gasteiger partial charge in [-0.1, -0.05) is 30.3 Å². The SMILES string of the molecule is CS(=O)c1ccc(-c2ccc([S+](C)c3ccccc3)cc2)cc1. The molecule has 2 atom stereocenters. The van der Waals surface area contributed by atoms with Gasteiger partial charge in [0.1, 0.15) is 6.26 Å². The average molecular weight is 340 g/mol. The van der Waals surface area contributed by atoms with Crippen LogP contribution in [0.25, 0.3) is 11.1 Å². The third kappa shape index (κ3) is 3.74. The molecule has 2 unspecified atom stereocenters. The van der Waals surface area contributed by atoms with Crippen molar-refractivity contribution in [3.05, 3.63) is 78.9 Å². The average Bonchev–Trinajstić information content (AvgIpc) is 2.62. The smallest absolute Gasteiger partial charge is 0.160 e. The quantitative estimate of drug-likeness (QED) is 0.627. The van der Waals surface area contributed by atoms with Crippen LogP contribution in [0.4, 0.5) is 0 Å². The summed E-state index contributed by atoms with van der Waals surface area (Å²) in [7, 11) is -0.835. The molecule has 0 heterocycles. The van der Waals surface area contributed by atoms with Gasteiger partial charge in [0.2, 0.25) is 0 Å². The van der Waals surface area contributed by atoms with Gasteiger partial charge in [-0.25, -0.2) is 0 Å². The van der Waals surface area contributed by atoms with Crippen LogP contribution in [-0.2, 0) is 21.7 Å². The van der Waals surface area contributed by atoms with Gasteiger partial charge in [-0.3, -0.25) is 4.21 Å². The molecule has 0 amide bonds. The van der Waals surface area contributed by atoms with Crippen molar-refractivity contribution in [2.75, 3.05) is 12.5 Å². The Morgan fingerprint density at radius 2 is 1.17 bits per heavy atom. The topological polar surface area (TPSA) is 17.1 Å². The molecule has 3 rings (SSSR count). The molecule has 3 heteroatoms. The van der Waals surface area contributed by atoms with Crippen molar-refractivity contribution in [2.45, 2.75) is 14.7 Å². The zero-order valence-electron chi connectivity index (χ0n) is 13.2. The molecule has 0 saturated carbocycles. The first kappa shape index (κ1) is 16.0. The molecule has 3 aromatic carbocycles.